The van der Waals surface area contributed by atoms with Crippen LogP contribution in [0.3, 0.4) is 0 Å². The summed E-state index contributed by atoms with van der Waals surface area (Å²) < 4.78 is 0. The SMILES string of the molecule is CNC(=O)C(CCC(=O)C=N)NC(=O)CNC(C)=O. The average Bonchev–Trinajstić information content (AvgIpc) is 2.39. The van der Waals surface area contributed by atoms with Crippen LogP contribution >= 0.6 is 0 Å². The van der Waals surface area contributed by atoms with Gasteiger partial charge in [-0.1, -0.05) is 0 Å². The molecule has 0 aliphatic rings. The molecule has 0 fully saturated rings. The van der Waals surface area contributed by atoms with Crippen LogP contribution < -0.4 is 16.0 Å². The van der Waals surface area contributed by atoms with E-state index in [4.69, 9.17) is 5.41 Å². The Morgan fingerprint density at radius 1 is 1.26 bits per heavy atom. The number of carbonyl (C=O) groups is 4. The molecule has 0 aliphatic carbocycles. The molecule has 0 spiro atoms. The molecule has 0 heterocycles. The number of carbonyl (C=O) groups excluding carboxylic acids is 4. The van der Waals surface area contributed by atoms with E-state index >= 15 is 0 Å². The number of Topliss-reactive ketones (excluding diaryl/α,β-unsaturated/α-hetero) is 1. The van der Waals surface area contributed by atoms with Crippen LogP contribution in [0.1, 0.15) is 19.8 Å². The second kappa shape index (κ2) is 8.78. The highest BCUT2D eigenvalue weighted by molar-refractivity contribution is 6.26. The van der Waals surface area contributed by atoms with Crippen molar-refractivity contribution in [1.82, 2.24) is 16.0 Å². The summed E-state index contributed by atoms with van der Waals surface area (Å²) in [5.41, 5.74) is 0. The Bertz CT molecular complexity index is 381. The summed E-state index contributed by atoms with van der Waals surface area (Å²) in [7, 11) is 1.41. The van der Waals surface area contributed by atoms with Gasteiger partial charge in [0.2, 0.25) is 17.7 Å². The van der Waals surface area contributed by atoms with Crippen LogP contribution in [0.25, 0.3) is 0 Å². The van der Waals surface area contributed by atoms with Gasteiger partial charge in [-0.05, 0) is 6.42 Å². The van der Waals surface area contributed by atoms with Gasteiger partial charge in [0.15, 0.2) is 5.78 Å². The summed E-state index contributed by atoms with van der Waals surface area (Å²) in [6.45, 7) is 1.04. The number of hydrogen-bond donors (Lipinski definition) is 4. The van der Waals surface area contributed by atoms with E-state index in [1.807, 2.05) is 0 Å². The van der Waals surface area contributed by atoms with E-state index in [-0.39, 0.29) is 25.3 Å². The lowest BCUT2D eigenvalue weighted by molar-refractivity contribution is -0.129. The summed E-state index contributed by atoms with van der Waals surface area (Å²) in [6.07, 6.45) is 0.752. The van der Waals surface area contributed by atoms with Gasteiger partial charge in [0, 0.05) is 20.4 Å². The van der Waals surface area contributed by atoms with E-state index in [0.717, 1.165) is 0 Å². The average molecular weight is 270 g/mol. The zero-order chi connectivity index (χ0) is 14.8. The smallest absolute Gasteiger partial charge is 0.242 e. The molecule has 3 amide bonds. The number of likely N-dealkylation sites (N-methyl/N-ethyl adjacent to an activating group) is 1. The molecular weight excluding hydrogens is 252 g/mol. The van der Waals surface area contributed by atoms with Crippen LogP contribution in [0.15, 0.2) is 0 Å². The lowest BCUT2D eigenvalue weighted by atomic mass is 10.1. The zero-order valence-corrected chi connectivity index (χ0v) is 10.9. The summed E-state index contributed by atoms with van der Waals surface area (Å²) in [6, 6.07) is -0.866. The Labute approximate surface area is 110 Å². The molecule has 1 unspecified atom stereocenters. The van der Waals surface area contributed by atoms with Crippen LogP contribution in [0.5, 0.6) is 0 Å². The lowest BCUT2D eigenvalue weighted by Gasteiger charge is -2.16. The summed E-state index contributed by atoms with van der Waals surface area (Å²) >= 11 is 0. The van der Waals surface area contributed by atoms with Gasteiger partial charge in [-0.2, -0.15) is 0 Å². The first-order chi connectivity index (χ1) is 8.90. The molecule has 0 saturated carbocycles. The molecule has 8 heteroatoms. The van der Waals surface area contributed by atoms with E-state index in [1.54, 1.807) is 0 Å². The Morgan fingerprint density at radius 2 is 1.89 bits per heavy atom. The second-order valence-electron chi connectivity index (χ2n) is 3.79. The van der Waals surface area contributed by atoms with E-state index in [2.05, 4.69) is 16.0 Å². The van der Waals surface area contributed by atoms with Gasteiger partial charge < -0.3 is 21.4 Å². The maximum atomic E-state index is 11.5. The van der Waals surface area contributed by atoms with Crippen molar-refractivity contribution in [2.75, 3.05) is 13.6 Å². The molecule has 8 nitrogen and oxygen atoms in total. The number of nitrogens with one attached hydrogen (secondary N) is 4. The van der Waals surface area contributed by atoms with Crippen molar-refractivity contribution < 1.29 is 19.2 Å². The minimum atomic E-state index is -0.866. The molecule has 106 valence electrons. The van der Waals surface area contributed by atoms with Crippen molar-refractivity contribution in [3.05, 3.63) is 0 Å². The van der Waals surface area contributed by atoms with Gasteiger partial charge >= 0.3 is 0 Å². The fourth-order valence-corrected chi connectivity index (χ4v) is 1.25. The molecular formula is C11H18N4O4. The van der Waals surface area contributed by atoms with Crippen LogP contribution in [0, 0.1) is 5.41 Å². The minimum absolute atomic E-state index is 0.0119. The molecule has 1 atom stereocenters. The van der Waals surface area contributed by atoms with Crippen molar-refractivity contribution in [1.29, 1.82) is 5.41 Å². The number of ketones is 1. The van der Waals surface area contributed by atoms with Gasteiger partial charge in [-0.3, -0.25) is 19.2 Å². The maximum Gasteiger partial charge on any atom is 0.242 e. The lowest BCUT2D eigenvalue weighted by Crippen LogP contribution is -2.48. The second-order valence-corrected chi connectivity index (χ2v) is 3.79. The Balaban J connectivity index is 4.38. The van der Waals surface area contributed by atoms with Crippen LogP contribution in [-0.2, 0) is 19.2 Å². The summed E-state index contributed by atoms with van der Waals surface area (Å²) in [5, 5.41) is 13.8. The van der Waals surface area contributed by atoms with Gasteiger partial charge in [0.25, 0.3) is 0 Å². The quantitative estimate of drug-likeness (QED) is 0.394. The van der Waals surface area contributed by atoms with Gasteiger partial charge in [0.05, 0.1) is 12.8 Å². The standard InChI is InChI=1S/C11H18N4O4/c1-7(16)14-6-10(18)15-9(11(19)13-2)4-3-8(17)5-12/h5,9,12H,3-4,6H2,1-2H3,(H,13,19)(H,14,16)(H,15,18). The maximum absolute atomic E-state index is 11.5. The third kappa shape index (κ3) is 7.63. The fraction of sp³-hybridized carbons (Fsp3) is 0.545. The van der Waals surface area contributed by atoms with Crippen molar-refractivity contribution in [3.8, 4) is 0 Å². The van der Waals surface area contributed by atoms with Crippen molar-refractivity contribution in [3.63, 3.8) is 0 Å². The molecule has 0 aromatic carbocycles. The Kier molecular flexibility index (Phi) is 7.74. The highest BCUT2D eigenvalue weighted by Crippen LogP contribution is 1.98. The molecule has 0 aromatic rings. The van der Waals surface area contributed by atoms with Gasteiger partial charge in [-0.25, -0.2) is 0 Å². The van der Waals surface area contributed by atoms with Crippen molar-refractivity contribution >= 4 is 29.7 Å². The predicted molar refractivity (Wildman–Crippen MR) is 67.7 cm³/mol. The van der Waals surface area contributed by atoms with Gasteiger partial charge in [0.1, 0.15) is 6.04 Å². The minimum Gasteiger partial charge on any atom is -0.357 e. The Hall–Kier alpha value is -2.25. The van der Waals surface area contributed by atoms with Crippen LogP contribution in [0.2, 0.25) is 0 Å². The van der Waals surface area contributed by atoms with E-state index in [1.165, 1.54) is 14.0 Å². The summed E-state index contributed by atoms with van der Waals surface area (Å²) in [4.78, 5) is 44.6. The molecule has 0 bridgehead atoms. The molecule has 0 aromatic heterocycles. The first kappa shape index (κ1) is 16.8. The largest absolute Gasteiger partial charge is 0.357 e. The molecule has 0 saturated heterocycles. The van der Waals surface area contributed by atoms with E-state index in [9.17, 15) is 19.2 Å². The molecule has 4 N–H and O–H groups in total. The normalized spacial score (nSPS) is 11.1. The zero-order valence-electron chi connectivity index (χ0n) is 10.9. The fourth-order valence-electron chi connectivity index (χ4n) is 1.25. The highest BCUT2D eigenvalue weighted by Gasteiger charge is 2.20. The number of amides is 3. The molecule has 0 rings (SSSR count). The topological polar surface area (TPSA) is 128 Å². The molecule has 0 radical (unpaired) electrons. The van der Waals surface area contributed by atoms with Crippen LogP contribution in [0.4, 0.5) is 0 Å². The summed E-state index contributed by atoms with van der Waals surface area (Å²) in [5.74, 6) is -1.74. The van der Waals surface area contributed by atoms with Crippen molar-refractivity contribution in [2.45, 2.75) is 25.8 Å². The van der Waals surface area contributed by atoms with Crippen LogP contribution in [-0.4, -0.2) is 49.4 Å². The third-order valence-electron chi connectivity index (χ3n) is 2.24. The number of hydrogen-bond acceptors (Lipinski definition) is 5. The number of rotatable bonds is 8. The predicted octanol–water partition coefficient (Wildman–Crippen LogP) is -1.65. The monoisotopic (exact) mass is 270 g/mol. The highest BCUT2D eigenvalue weighted by atomic mass is 16.2. The first-order valence-corrected chi connectivity index (χ1v) is 5.69. The molecule has 19 heavy (non-hydrogen) atoms. The molecule has 0 aliphatic heterocycles. The Morgan fingerprint density at radius 3 is 2.37 bits per heavy atom. The third-order valence-corrected chi connectivity index (χ3v) is 2.24. The van der Waals surface area contributed by atoms with Crippen molar-refractivity contribution in [2.24, 2.45) is 0 Å². The van der Waals surface area contributed by atoms with Gasteiger partial charge in [-0.15, -0.1) is 0 Å². The first-order valence-electron chi connectivity index (χ1n) is 5.69. The van der Waals surface area contributed by atoms with E-state index < -0.39 is 23.6 Å². The van der Waals surface area contributed by atoms with E-state index in [0.29, 0.717) is 6.21 Å².